The number of nitrogens with one attached hydrogen (secondary N) is 1. The second-order valence-corrected chi connectivity index (χ2v) is 8.69. The van der Waals surface area contributed by atoms with E-state index in [1.165, 1.54) is 11.3 Å². The molecule has 1 aliphatic rings. The second-order valence-electron chi connectivity index (χ2n) is 7.83. The van der Waals surface area contributed by atoms with E-state index in [0.29, 0.717) is 29.7 Å². The summed E-state index contributed by atoms with van der Waals surface area (Å²) in [7, 11) is 4.00. The largest absolute Gasteiger partial charge is 0.436 e. The maximum absolute atomic E-state index is 12.4. The zero-order chi connectivity index (χ0) is 22.1. The molecule has 0 atom stereocenters. The Labute approximate surface area is 184 Å². The maximum Gasteiger partial charge on any atom is 0.295 e. The Morgan fingerprint density at radius 3 is 2.77 bits per heavy atom. The van der Waals surface area contributed by atoms with Crippen LogP contribution < -0.4 is 10.2 Å². The quantitative estimate of drug-likeness (QED) is 0.632. The number of benzene rings is 1. The topological polar surface area (TPSA) is 91.6 Å². The summed E-state index contributed by atoms with van der Waals surface area (Å²) < 4.78 is 5.37. The monoisotopic (exact) mass is 439 g/mol. The van der Waals surface area contributed by atoms with Crippen molar-refractivity contribution < 1.29 is 14.0 Å². The fourth-order valence-electron chi connectivity index (χ4n) is 3.62. The third-order valence-corrected chi connectivity index (χ3v) is 5.94. The number of thiazole rings is 1. The molecule has 0 bridgehead atoms. The molecule has 3 aromatic rings. The van der Waals surface area contributed by atoms with Crippen molar-refractivity contribution in [2.75, 3.05) is 37.4 Å². The summed E-state index contributed by atoms with van der Waals surface area (Å²) in [5.41, 5.74) is 4.41. The molecule has 0 spiro atoms. The Morgan fingerprint density at radius 1 is 1.26 bits per heavy atom. The number of fused-ring (bicyclic) bond motifs is 1. The number of likely N-dealkylation sites (N-methyl/N-ethyl adjacent to an activating group) is 1. The van der Waals surface area contributed by atoms with E-state index in [1.807, 2.05) is 36.5 Å². The van der Waals surface area contributed by atoms with E-state index >= 15 is 0 Å². The van der Waals surface area contributed by atoms with Crippen molar-refractivity contribution in [3.63, 3.8) is 0 Å². The van der Waals surface area contributed by atoms with Gasteiger partial charge in [0, 0.05) is 43.1 Å². The molecule has 0 radical (unpaired) electrons. The first kappa shape index (κ1) is 21.2. The van der Waals surface area contributed by atoms with E-state index in [0.717, 1.165) is 35.5 Å². The van der Waals surface area contributed by atoms with Crippen molar-refractivity contribution in [3.8, 4) is 11.3 Å². The van der Waals surface area contributed by atoms with Crippen LogP contribution in [-0.2, 0) is 11.2 Å². The van der Waals surface area contributed by atoms with Gasteiger partial charge in [-0.05, 0) is 45.1 Å². The van der Waals surface area contributed by atoms with Crippen molar-refractivity contribution in [1.82, 2.24) is 14.9 Å². The highest BCUT2D eigenvalue weighted by Crippen LogP contribution is 2.33. The molecule has 3 heterocycles. The van der Waals surface area contributed by atoms with Crippen LogP contribution in [-0.4, -0.2) is 53.9 Å². The number of amides is 2. The van der Waals surface area contributed by atoms with Crippen molar-refractivity contribution in [3.05, 3.63) is 46.5 Å². The third kappa shape index (κ3) is 4.52. The lowest BCUT2D eigenvalue weighted by Gasteiger charge is -2.30. The van der Waals surface area contributed by atoms with E-state index in [1.54, 1.807) is 13.8 Å². The Morgan fingerprint density at radius 2 is 2.06 bits per heavy atom. The zero-order valence-corrected chi connectivity index (χ0v) is 18.9. The lowest BCUT2D eigenvalue weighted by atomic mass is 9.98. The van der Waals surface area contributed by atoms with E-state index < -0.39 is 0 Å². The molecular formula is C22H25N5O3S. The van der Waals surface area contributed by atoms with Crippen molar-refractivity contribution >= 4 is 34.0 Å². The van der Waals surface area contributed by atoms with Crippen LogP contribution in [0.3, 0.4) is 0 Å². The Kier molecular flexibility index (Phi) is 5.88. The number of oxazole rings is 1. The molecule has 1 N–H and O–H groups in total. The number of rotatable bonds is 6. The number of carbonyl (C=O) groups is 2. The maximum atomic E-state index is 12.4. The molecule has 0 saturated heterocycles. The molecule has 2 amide bonds. The van der Waals surface area contributed by atoms with Crippen LogP contribution in [0.1, 0.15) is 34.1 Å². The number of aryl methyl sites for hydroxylation is 3. The van der Waals surface area contributed by atoms with Gasteiger partial charge in [-0.3, -0.25) is 14.9 Å². The van der Waals surface area contributed by atoms with Crippen LogP contribution in [0.2, 0.25) is 0 Å². The highest BCUT2D eigenvalue weighted by atomic mass is 32.1. The molecule has 1 aromatic carbocycles. The Balaban J connectivity index is 1.52. The van der Waals surface area contributed by atoms with Gasteiger partial charge in [-0.1, -0.05) is 6.07 Å². The first-order valence-electron chi connectivity index (χ1n) is 10.1. The normalized spacial score (nSPS) is 13.6. The molecule has 162 valence electrons. The molecule has 0 unspecified atom stereocenters. The fourth-order valence-corrected chi connectivity index (χ4v) is 4.34. The summed E-state index contributed by atoms with van der Waals surface area (Å²) in [6, 6.07) is 6.06. The van der Waals surface area contributed by atoms with E-state index in [2.05, 4.69) is 26.3 Å². The van der Waals surface area contributed by atoms with Gasteiger partial charge in [-0.2, -0.15) is 0 Å². The van der Waals surface area contributed by atoms with E-state index in [-0.39, 0.29) is 17.6 Å². The minimum Gasteiger partial charge on any atom is -0.436 e. The van der Waals surface area contributed by atoms with Gasteiger partial charge in [-0.15, -0.1) is 11.3 Å². The smallest absolute Gasteiger partial charge is 0.295 e. The average molecular weight is 440 g/mol. The van der Waals surface area contributed by atoms with Gasteiger partial charge in [-0.25, -0.2) is 9.97 Å². The SMILES string of the molecule is Cc1nc(C)c(C(=O)Nc2nc(-c3ccc4c(c3)CCC(=O)N4CCN(C)C)cs2)o1. The standard InChI is InChI=1S/C22H25N5O3S/c1-13-20(30-14(2)23-13)21(29)25-22-24-17(12-31-22)15-5-7-18-16(11-15)6-8-19(28)27(18)10-9-26(3)4/h5,7,11-12H,6,8-10H2,1-4H3,(H,24,25,29). The van der Waals surface area contributed by atoms with Gasteiger partial charge in [0.25, 0.3) is 5.91 Å². The van der Waals surface area contributed by atoms with Crippen molar-refractivity contribution in [2.45, 2.75) is 26.7 Å². The van der Waals surface area contributed by atoms with Crippen LogP contribution in [0.4, 0.5) is 10.8 Å². The predicted molar refractivity (Wildman–Crippen MR) is 121 cm³/mol. The molecule has 31 heavy (non-hydrogen) atoms. The fraction of sp³-hybridized carbons (Fsp3) is 0.364. The van der Waals surface area contributed by atoms with Crippen LogP contribution >= 0.6 is 11.3 Å². The highest BCUT2D eigenvalue weighted by molar-refractivity contribution is 7.14. The van der Waals surface area contributed by atoms with Gasteiger partial charge >= 0.3 is 0 Å². The molecular weight excluding hydrogens is 414 g/mol. The van der Waals surface area contributed by atoms with Gasteiger partial charge in [0.1, 0.15) is 0 Å². The molecule has 2 aromatic heterocycles. The zero-order valence-electron chi connectivity index (χ0n) is 18.1. The predicted octanol–water partition coefficient (Wildman–Crippen LogP) is 3.51. The lowest BCUT2D eigenvalue weighted by Crippen LogP contribution is -2.39. The highest BCUT2D eigenvalue weighted by Gasteiger charge is 2.24. The molecule has 9 heteroatoms. The number of anilines is 2. The molecule has 1 aliphatic heterocycles. The van der Waals surface area contributed by atoms with Gasteiger partial charge in [0.05, 0.1) is 11.4 Å². The number of carbonyl (C=O) groups excluding carboxylic acids is 2. The Bertz CT molecular complexity index is 1130. The second kappa shape index (κ2) is 8.60. The van der Waals surface area contributed by atoms with Gasteiger partial charge in [0.2, 0.25) is 11.7 Å². The lowest BCUT2D eigenvalue weighted by molar-refractivity contribution is -0.118. The number of hydrogen-bond donors (Lipinski definition) is 1. The average Bonchev–Trinajstić information content (AvgIpc) is 3.32. The van der Waals surface area contributed by atoms with Crippen LogP contribution in [0.15, 0.2) is 28.0 Å². The molecule has 8 nitrogen and oxygen atoms in total. The summed E-state index contributed by atoms with van der Waals surface area (Å²) in [4.78, 5) is 37.5. The van der Waals surface area contributed by atoms with Crippen molar-refractivity contribution in [1.29, 1.82) is 0 Å². The van der Waals surface area contributed by atoms with E-state index in [9.17, 15) is 9.59 Å². The van der Waals surface area contributed by atoms with Gasteiger partial charge in [0.15, 0.2) is 11.0 Å². The van der Waals surface area contributed by atoms with Crippen LogP contribution in [0, 0.1) is 13.8 Å². The van der Waals surface area contributed by atoms with Crippen LogP contribution in [0.25, 0.3) is 11.3 Å². The summed E-state index contributed by atoms with van der Waals surface area (Å²) in [5, 5.41) is 5.19. The van der Waals surface area contributed by atoms with Gasteiger partial charge < -0.3 is 14.2 Å². The van der Waals surface area contributed by atoms with Crippen LogP contribution in [0.5, 0.6) is 0 Å². The third-order valence-electron chi connectivity index (χ3n) is 5.18. The molecule has 4 rings (SSSR count). The number of nitrogens with zero attached hydrogens (tertiary/aromatic N) is 4. The number of aromatic nitrogens is 2. The molecule has 0 aliphatic carbocycles. The minimum atomic E-state index is -0.362. The Hall–Kier alpha value is -3.04. The number of hydrogen-bond acceptors (Lipinski definition) is 7. The summed E-state index contributed by atoms with van der Waals surface area (Å²) >= 11 is 1.35. The summed E-state index contributed by atoms with van der Waals surface area (Å²) in [6.07, 6.45) is 1.23. The first-order valence-corrected chi connectivity index (χ1v) is 11.0. The molecule has 0 fully saturated rings. The minimum absolute atomic E-state index is 0.165. The summed E-state index contributed by atoms with van der Waals surface area (Å²) in [5.74, 6) is 0.457. The first-order chi connectivity index (χ1) is 14.8. The molecule has 0 saturated carbocycles. The van der Waals surface area contributed by atoms with E-state index in [4.69, 9.17) is 4.42 Å². The van der Waals surface area contributed by atoms with Crippen molar-refractivity contribution in [2.24, 2.45) is 0 Å². The summed E-state index contributed by atoms with van der Waals surface area (Å²) in [6.45, 7) is 4.92.